The monoisotopic (exact) mass is 574 g/mol. The van der Waals surface area contributed by atoms with Gasteiger partial charge >= 0.3 is 18.3 Å². The molecule has 2 rings (SSSR count). The van der Waals surface area contributed by atoms with Gasteiger partial charge in [0.25, 0.3) is 10.2 Å². The lowest BCUT2D eigenvalue weighted by atomic mass is 9.99. The number of fused-ring (bicyclic) bond motifs is 1. The third-order valence-corrected chi connectivity index (χ3v) is 4.45. The van der Waals surface area contributed by atoms with Gasteiger partial charge in [-0.15, -0.1) is 20.2 Å². The van der Waals surface area contributed by atoms with Crippen LogP contribution in [0.25, 0.3) is 6.08 Å². The van der Waals surface area contributed by atoms with Gasteiger partial charge in [0.15, 0.2) is 6.10 Å². The number of hydrogen-bond donors (Lipinski definition) is 0. The fourth-order valence-electron chi connectivity index (χ4n) is 2.65. The molecule has 0 radical (unpaired) electrons. The first-order valence-corrected chi connectivity index (χ1v) is 9.87. The highest BCUT2D eigenvalue weighted by molar-refractivity contribution is 9.10. The van der Waals surface area contributed by atoms with Gasteiger partial charge in [-0.05, 0) is 30.7 Å². The Morgan fingerprint density at radius 1 is 1.14 bits per heavy atom. The first-order valence-electron chi connectivity index (χ1n) is 9.08. The molecule has 1 unspecified atom stereocenters. The number of alkyl halides is 3. The Morgan fingerprint density at radius 2 is 1.74 bits per heavy atom. The van der Waals surface area contributed by atoms with Crippen molar-refractivity contribution in [2.24, 2.45) is 0 Å². The molecule has 18 heteroatoms. The van der Waals surface area contributed by atoms with Crippen LogP contribution in [-0.4, -0.2) is 60.7 Å². The Kier molecular flexibility index (Phi) is 9.04. The predicted octanol–water partition coefficient (Wildman–Crippen LogP) is 2.90. The number of rotatable bonds is 10. The molecule has 0 saturated carbocycles. The van der Waals surface area contributed by atoms with E-state index in [4.69, 9.17) is 4.74 Å². The van der Waals surface area contributed by atoms with Crippen molar-refractivity contribution < 1.29 is 61.6 Å². The van der Waals surface area contributed by atoms with Crippen LogP contribution in [0, 0.1) is 27.2 Å². The van der Waals surface area contributed by atoms with Crippen molar-refractivity contribution in [2.75, 3.05) is 20.0 Å². The van der Waals surface area contributed by atoms with Crippen molar-refractivity contribution in [1.29, 1.82) is 0 Å². The molecule has 0 saturated heterocycles. The van der Waals surface area contributed by atoms with E-state index in [1.165, 1.54) is 19.1 Å². The topological polar surface area (TPSA) is 176 Å². The number of aryl methyl sites for hydroxylation is 1. The van der Waals surface area contributed by atoms with Crippen LogP contribution in [0.15, 0.2) is 22.2 Å². The minimum absolute atomic E-state index is 0.0909. The van der Waals surface area contributed by atoms with Gasteiger partial charge in [0.05, 0.1) is 5.57 Å². The van der Waals surface area contributed by atoms with Crippen molar-refractivity contribution in [2.45, 2.75) is 25.3 Å². The van der Waals surface area contributed by atoms with Gasteiger partial charge in [-0.3, -0.25) is 0 Å². The summed E-state index contributed by atoms with van der Waals surface area (Å²) in [6.45, 7) is -1.67. The summed E-state index contributed by atoms with van der Waals surface area (Å²) in [5.41, 5.74) is -0.407. The van der Waals surface area contributed by atoms with Crippen molar-refractivity contribution >= 4 is 34.1 Å². The lowest BCUT2D eigenvalue weighted by Crippen LogP contribution is -2.41. The number of carbonyl (C=O) groups is 2. The molecule has 0 spiro atoms. The molecule has 1 aliphatic heterocycles. The van der Waals surface area contributed by atoms with Crippen LogP contribution in [-0.2, 0) is 28.7 Å². The third-order valence-electron chi connectivity index (χ3n) is 3.99. The molecule has 1 heterocycles. The smallest absolute Gasteiger partial charge is 0.475 e. The van der Waals surface area contributed by atoms with Gasteiger partial charge in [-0.25, -0.2) is 9.59 Å². The molecule has 0 N–H and O–H groups in total. The average Bonchev–Trinajstić information content (AvgIpc) is 2.73. The molecule has 0 aromatic heterocycles. The van der Waals surface area contributed by atoms with Crippen LogP contribution in [0.3, 0.4) is 0 Å². The van der Waals surface area contributed by atoms with E-state index in [2.05, 4.69) is 39.8 Å². The Bertz CT molecular complexity index is 1010. The van der Waals surface area contributed by atoms with Gasteiger partial charge < -0.3 is 28.6 Å². The molecule has 1 aromatic rings. The van der Waals surface area contributed by atoms with Crippen LogP contribution < -0.4 is 4.74 Å². The molecular weight excluding hydrogens is 561 g/mol. The third kappa shape index (κ3) is 8.16. The van der Waals surface area contributed by atoms with E-state index in [0.29, 0.717) is 10.0 Å². The fraction of sp³-hybridized carbons (Fsp3) is 0.412. The summed E-state index contributed by atoms with van der Waals surface area (Å²) < 4.78 is 59.4. The zero-order valence-corrected chi connectivity index (χ0v) is 18.9. The van der Waals surface area contributed by atoms with E-state index in [1.54, 1.807) is 0 Å². The summed E-state index contributed by atoms with van der Waals surface area (Å²) in [5, 5.41) is 17.9. The van der Waals surface area contributed by atoms with Gasteiger partial charge in [-0.1, -0.05) is 15.9 Å². The van der Waals surface area contributed by atoms with Crippen LogP contribution >= 0.6 is 15.9 Å². The number of ether oxygens (including phenoxy) is 4. The van der Waals surface area contributed by atoms with Gasteiger partial charge in [0, 0.05) is 10.0 Å². The highest BCUT2D eigenvalue weighted by atomic mass is 79.9. The lowest BCUT2D eigenvalue weighted by Gasteiger charge is -2.28. The largest absolute Gasteiger partial charge is 0.511 e. The van der Waals surface area contributed by atoms with Crippen LogP contribution in [0.1, 0.15) is 11.1 Å². The number of nitrogens with zero attached hydrogens (tertiary/aromatic N) is 2. The van der Waals surface area contributed by atoms with E-state index in [-0.39, 0.29) is 11.3 Å². The number of halogens is 4. The second-order valence-electron chi connectivity index (χ2n) is 6.50. The van der Waals surface area contributed by atoms with Gasteiger partial charge in [-0.2, -0.15) is 13.2 Å². The summed E-state index contributed by atoms with van der Waals surface area (Å²) in [6.07, 6.45) is -10.1. The van der Waals surface area contributed by atoms with Crippen LogP contribution in [0.2, 0.25) is 0 Å². The van der Waals surface area contributed by atoms with Crippen molar-refractivity contribution in [3.63, 3.8) is 0 Å². The van der Waals surface area contributed by atoms with Crippen molar-refractivity contribution in [3.05, 3.63) is 53.5 Å². The predicted molar refractivity (Wildman–Crippen MR) is 106 cm³/mol. The van der Waals surface area contributed by atoms with Crippen molar-refractivity contribution in [3.8, 4) is 5.75 Å². The van der Waals surface area contributed by atoms with Crippen LogP contribution in [0.4, 0.5) is 18.0 Å². The Morgan fingerprint density at radius 3 is 2.29 bits per heavy atom. The Hall–Kier alpha value is -3.83. The zero-order chi connectivity index (χ0) is 26.3. The van der Waals surface area contributed by atoms with Crippen molar-refractivity contribution in [1.82, 2.24) is 0 Å². The van der Waals surface area contributed by atoms with Crippen LogP contribution in [0.5, 0.6) is 5.75 Å². The molecule has 0 amide bonds. The summed E-state index contributed by atoms with van der Waals surface area (Å²) in [4.78, 5) is 52.2. The highest BCUT2D eigenvalue weighted by Gasteiger charge is 2.49. The molecule has 0 aliphatic carbocycles. The second kappa shape index (κ2) is 11.5. The van der Waals surface area contributed by atoms with E-state index in [0.717, 1.165) is 6.08 Å². The summed E-state index contributed by atoms with van der Waals surface area (Å²) in [5.74, 6) is -1.62. The molecule has 1 aliphatic rings. The first-order chi connectivity index (χ1) is 16.3. The standard InChI is InChI=1S/C17H14BrF3N2O12/c1-8-2-10(18)3-9-4-12(14(17(19,20)21)35-13(8)9)15(24)30-7-31-16(25)34-11(5-32-22(26)27)6-33-23(28)29/h2-4,11,14H,5-7H2,1H3. The molecular formula is C17H14BrF3N2O12. The molecule has 192 valence electrons. The fourth-order valence-corrected chi connectivity index (χ4v) is 3.24. The average molecular weight is 575 g/mol. The maximum Gasteiger partial charge on any atom is 0.511 e. The normalized spacial score (nSPS) is 14.7. The Balaban J connectivity index is 2.03. The lowest BCUT2D eigenvalue weighted by molar-refractivity contribution is -0.768. The second-order valence-corrected chi connectivity index (χ2v) is 7.42. The highest BCUT2D eigenvalue weighted by Crippen LogP contribution is 2.40. The first kappa shape index (κ1) is 27.4. The van der Waals surface area contributed by atoms with Gasteiger partial charge in [0.2, 0.25) is 12.9 Å². The summed E-state index contributed by atoms with van der Waals surface area (Å²) in [6, 6.07) is 2.93. The molecule has 35 heavy (non-hydrogen) atoms. The number of hydrogen-bond acceptors (Lipinski definition) is 12. The summed E-state index contributed by atoms with van der Waals surface area (Å²) >= 11 is 3.18. The molecule has 0 fully saturated rings. The molecule has 14 nitrogen and oxygen atoms in total. The zero-order valence-electron chi connectivity index (χ0n) is 17.3. The SMILES string of the molecule is Cc1cc(Br)cc2c1OC(C(F)(F)F)C(C(=O)OCOC(=O)OC(CO[N+](=O)[O-])CO[N+](=O)[O-])=C2. The molecule has 0 bridgehead atoms. The number of benzene rings is 1. The number of esters is 1. The Labute approximate surface area is 200 Å². The van der Waals surface area contributed by atoms with E-state index < -0.39 is 66.3 Å². The maximum absolute atomic E-state index is 13.5. The van der Waals surface area contributed by atoms with E-state index in [1.807, 2.05) is 0 Å². The van der Waals surface area contributed by atoms with E-state index >= 15 is 0 Å². The number of carbonyl (C=O) groups excluding carboxylic acids is 2. The quantitative estimate of drug-likeness (QED) is 0.173. The van der Waals surface area contributed by atoms with Gasteiger partial charge in [0.1, 0.15) is 19.0 Å². The molecule has 1 aromatic carbocycles. The minimum atomic E-state index is -5.00. The molecule has 1 atom stereocenters. The van der Waals surface area contributed by atoms with E-state index in [9.17, 15) is 43.0 Å². The minimum Gasteiger partial charge on any atom is -0.475 e. The maximum atomic E-state index is 13.5. The summed E-state index contributed by atoms with van der Waals surface area (Å²) in [7, 11) is 0.